The Morgan fingerprint density at radius 1 is 1.07 bits per heavy atom. The number of halogens is 1. The molecule has 0 bridgehead atoms. The van der Waals surface area contributed by atoms with Gasteiger partial charge in [-0.15, -0.1) is 0 Å². The standard InChI is InChI=1S/C21H24ClN3O3/c22-20-15-18(25(27)28)9-10-19(20)21(26)23-12-11-16-5-7-17(8-6-16)24-13-3-1-2-4-14-24/h5-10,15H,1-4,11-14H2,(H,23,26). The summed E-state index contributed by atoms with van der Waals surface area (Å²) < 4.78 is 0. The lowest BCUT2D eigenvalue weighted by Gasteiger charge is -2.22. The number of amides is 1. The smallest absolute Gasteiger partial charge is 0.270 e. The van der Waals surface area contributed by atoms with Crippen LogP contribution in [0.1, 0.15) is 41.6 Å². The molecule has 3 rings (SSSR count). The van der Waals surface area contributed by atoms with E-state index >= 15 is 0 Å². The minimum Gasteiger partial charge on any atom is -0.372 e. The Balaban J connectivity index is 1.52. The average Bonchev–Trinajstić information content (AvgIpc) is 2.98. The summed E-state index contributed by atoms with van der Waals surface area (Å²) in [6, 6.07) is 12.4. The van der Waals surface area contributed by atoms with E-state index in [2.05, 4.69) is 34.5 Å². The first kappa shape index (κ1) is 20.1. The number of benzene rings is 2. The molecule has 2 aromatic rings. The molecule has 0 radical (unpaired) electrons. The second-order valence-corrected chi connectivity index (χ2v) is 7.40. The van der Waals surface area contributed by atoms with Crippen molar-refractivity contribution in [2.45, 2.75) is 32.1 Å². The molecule has 1 heterocycles. The van der Waals surface area contributed by atoms with E-state index in [9.17, 15) is 14.9 Å². The van der Waals surface area contributed by atoms with Crippen LogP contribution in [0.2, 0.25) is 5.02 Å². The Hall–Kier alpha value is -2.60. The van der Waals surface area contributed by atoms with E-state index in [-0.39, 0.29) is 22.2 Å². The zero-order chi connectivity index (χ0) is 19.9. The molecule has 0 aromatic heterocycles. The zero-order valence-electron chi connectivity index (χ0n) is 15.7. The number of rotatable bonds is 6. The number of nitro groups is 1. The predicted octanol–water partition coefficient (Wildman–Crippen LogP) is 4.60. The van der Waals surface area contributed by atoms with Crippen LogP contribution in [0, 0.1) is 10.1 Å². The van der Waals surface area contributed by atoms with Gasteiger partial charge in [-0.1, -0.05) is 36.6 Å². The molecule has 1 N–H and O–H groups in total. The fraction of sp³-hybridized carbons (Fsp3) is 0.381. The van der Waals surface area contributed by atoms with Gasteiger partial charge in [-0.25, -0.2) is 0 Å². The quantitative estimate of drug-likeness (QED) is 0.566. The Morgan fingerprint density at radius 2 is 1.75 bits per heavy atom. The van der Waals surface area contributed by atoms with Crippen LogP contribution >= 0.6 is 11.6 Å². The lowest BCUT2D eigenvalue weighted by Crippen LogP contribution is -2.26. The molecule has 148 valence electrons. The second kappa shape index (κ2) is 9.55. The number of anilines is 1. The number of nitrogens with zero attached hydrogens (tertiary/aromatic N) is 2. The van der Waals surface area contributed by atoms with Gasteiger partial charge in [0, 0.05) is 37.5 Å². The summed E-state index contributed by atoms with van der Waals surface area (Å²) in [5.74, 6) is -0.332. The Bertz CT molecular complexity index is 831. The molecule has 1 aliphatic heterocycles. The van der Waals surface area contributed by atoms with Crippen molar-refractivity contribution in [2.24, 2.45) is 0 Å². The van der Waals surface area contributed by atoms with Crippen molar-refractivity contribution in [2.75, 3.05) is 24.5 Å². The highest BCUT2D eigenvalue weighted by molar-refractivity contribution is 6.34. The van der Waals surface area contributed by atoms with E-state index < -0.39 is 4.92 Å². The Labute approximate surface area is 169 Å². The maximum Gasteiger partial charge on any atom is 0.270 e. The monoisotopic (exact) mass is 401 g/mol. The molecular weight excluding hydrogens is 378 g/mol. The van der Waals surface area contributed by atoms with Crippen molar-refractivity contribution < 1.29 is 9.72 Å². The van der Waals surface area contributed by atoms with Crippen LogP contribution in [0.4, 0.5) is 11.4 Å². The molecule has 2 aromatic carbocycles. The van der Waals surface area contributed by atoms with Gasteiger partial charge in [0.05, 0.1) is 15.5 Å². The molecule has 0 aliphatic carbocycles. The maximum absolute atomic E-state index is 12.3. The van der Waals surface area contributed by atoms with Crippen molar-refractivity contribution >= 4 is 28.9 Å². The van der Waals surface area contributed by atoms with E-state index in [4.69, 9.17) is 11.6 Å². The highest BCUT2D eigenvalue weighted by Crippen LogP contribution is 2.23. The second-order valence-electron chi connectivity index (χ2n) is 6.99. The third-order valence-corrected chi connectivity index (χ3v) is 5.33. The van der Waals surface area contributed by atoms with Gasteiger partial charge in [-0.05, 0) is 43.0 Å². The molecule has 1 aliphatic rings. The number of nitrogens with one attached hydrogen (secondary N) is 1. The highest BCUT2D eigenvalue weighted by Gasteiger charge is 2.14. The van der Waals surface area contributed by atoms with Crippen LogP contribution in [-0.2, 0) is 6.42 Å². The number of carbonyl (C=O) groups is 1. The topological polar surface area (TPSA) is 75.5 Å². The Kier molecular flexibility index (Phi) is 6.87. The third-order valence-electron chi connectivity index (χ3n) is 5.01. The minimum atomic E-state index is -0.539. The van der Waals surface area contributed by atoms with Crippen LogP contribution in [0.25, 0.3) is 0 Å². The van der Waals surface area contributed by atoms with Gasteiger partial charge in [0.2, 0.25) is 0 Å². The average molecular weight is 402 g/mol. The summed E-state index contributed by atoms with van der Waals surface area (Å²) in [7, 11) is 0. The third kappa shape index (κ3) is 5.23. The van der Waals surface area contributed by atoms with Gasteiger partial charge in [0.1, 0.15) is 0 Å². The van der Waals surface area contributed by atoms with Gasteiger partial charge in [-0.3, -0.25) is 14.9 Å². The first-order valence-corrected chi connectivity index (χ1v) is 9.98. The van der Waals surface area contributed by atoms with E-state index in [1.54, 1.807) is 0 Å². The number of carbonyl (C=O) groups excluding carboxylic acids is 1. The van der Waals surface area contributed by atoms with Gasteiger partial charge in [0.25, 0.3) is 11.6 Å². The van der Waals surface area contributed by atoms with Gasteiger partial charge in [-0.2, -0.15) is 0 Å². The molecule has 28 heavy (non-hydrogen) atoms. The molecule has 6 nitrogen and oxygen atoms in total. The molecular formula is C21H24ClN3O3. The van der Waals surface area contributed by atoms with Crippen molar-refractivity contribution in [3.05, 3.63) is 68.7 Å². The molecule has 1 fully saturated rings. The summed E-state index contributed by atoms with van der Waals surface area (Å²) in [4.78, 5) is 24.9. The van der Waals surface area contributed by atoms with Crippen LogP contribution in [0.15, 0.2) is 42.5 Å². The minimum absolute atomic E-state index is 0.0773. The zero-order valence-corrected chi connectivity index (χ0v) is 16.5. The Morgan fingerprint density at radius 3 is 2.36 bits per heavy atom. The fourth-order valence-corrected chi connectivity index (χ4v) is 3.68. The summed E-state index contributed by atoms with van der Waals surface area (Å²) in [5, 5.41) is 13.6. The highest BCUT2D eigenvalue weighted by atomic mass is 35.5. The van der Waals surface area contributed by atoms with Gasteiger partial charge >= 0.3 is 0 Å². The normalized spacial score (nSPS) is 14.4. The van der Waals surface area contributed by atoms with E-state index in [0.717, 1.165) is 18.7 Å². The van der Waals surface area contributed by atoms with Crippen molar-refractivity contribution in [3.63, 3.8) is 0 Å². The van der Waals surface area contributed by atoms with E-state index in [1.807, 2.05) is 0 Å². The molecule has 7 heteroatoms. The van der Waals surface area contributed by atoms with Crippen molar-refractivity contribution in [1.29, 1.82) is 0 Å². The molecule has 0 saturated carbocycles. The fourth-order valence-electron chi connectivity index (χ4n) is 3.42. The lowest BCUT2D eigenvalue weighted by atomic mass is 10.1. The molecule has 0 unspecified atom stereocenters. The van der Waals surface area contributed by atoms with Crippen LogP contribution < -0.4 is 10.2 Å². The molecule has 1 amide bonds. The predicted molar refractivity (Wildman–Crippen MR) is 111 cm³/mol. The van der Waals surface area contributed by atoms with Crippen LogP contribution in [0.5, 0.6) is 0 Å². The van der Waals surface area contributed by atoms with Crippen LogP contribution in [-0.4, -0.2) is 30.5 Å². The summed E-state index contributed by atoms with van der Waals surface area (Å²) in [6.45, 7) is 2.70. The number of non-ortho nitro benzene ring substituents is 1. The number of nitro benzene ring substituents is 1. The van der Waals surface area contributed by atoms with Crippen molar-refractivity contribution in [3.8, 4) is 0 Å². The molecule has 1 saturated heterocycles. The molecule has 0 spiro atoms. The van der Waals surface area contributed by atoms with Crippen molar-refractivity contribution in [1.82, 2.24) is 5.32 Å². The first-order valence-electron chi connectivity index (χ1n) is 9.60. The summed E-state index contributed by atoms with van der Waals surface area (Å²) in [6.07, 6.45) is 5.83. The molecule has 0 atom stereocenters. The largest absolute Gasteiger partial charge is 0.372 e. The SMILES string of the molecule is O=C(NCCc1ccc(N2CCCCCC2)cc1)c1ccc([N+](=O)[O-])cc1Cl. The van der Waals surface area contributed by atoms with Crippen LogP contribution in [0.3, 0.4) is 0 Å². The van der Waals surface area contributed by atoms with Gasteiger partial charge in [0.15, 0.2) is 0 Å². The first-order chi connectivity index (χ1) is 13.5. The maximum atomic E-state index is 12.3. The van der Waals surface area contributed by atoms with E-state index in [1.165, 1.54) is 49.6 Å². The summed E-state index contributed by atoms with van der Waals surface area (Å²) in [5.41, 5.74) is 2.51. The number of hydrogen-bond acceptors (Lipinski definition) is 4. The lowest BCUT2D eigenvalue weighted by molar-refractivity contribution is -0.384. The summed E-state index contributed by atoms with van der Waals surface area (Å²) >= 11 is 6.00. The van der Waals surface area contributed by atoms with E-state index in [0.29, 0.717) is 13.0 Å². The number of hydrogen-bond donors (Lipinski definition) is 1. The van der Waals surface area contributed by atoms with Gasteiger partial charge < -0.3 is 10.2 Å².